The van der Waals surface area contributed by atoms with E-state index in [0.717, 1.165) is 29.2 Å². The number of hydrogen-bond acceptors (Lipinski definition) is 2. The summed E-state index contributed by atoms with van der Waals surface area (Å²) in [6, 6.07) is 0. The van der Waals surface area contributed by atoms with Gasteiger partial charge in [0.25, 0.3) is 0 Å². The number of nitrogens with zero attached hydrogens (tertiary/aromatic N) is 2. The second-order valence-corrected chi connectivity index (χ2v) is 3.27. The summed E-state index contributed by atoms with van der Waals surface area (Å²) in [5, 5.41) is 2.16. The van der Waals surface area contributed by atoms with Crippen LogP contribution in [0.4, 0.5) is 0 Å². The van der Waals surface area contributed by atoms with E-state index in [-0.39, 0.29) is 0 Å². The van der Waals surface area contributed by atoms with E-state index in [2.05, 4.69) is 23.0 Å². The highest BCUT2D eigenvalue weighted by Gasteiger charge is 2.01. The molecule has 0 fully saturated rings. The predicted molar refractivity (Wildman–Crippen MR) is 48.8 cm³/mol. The van der Waals surface area contributed by atoms with Crippen molar-refractivity contribution in [3.05, 3.63) is 22.6 Å². The standard InChI is InChI=1S/C10H12N2/c1-7-4-3-5-9-10(7)11-6-8(2)12-9/h5-6H,3-4H2,1-2H3. The van der Waals surface area contributed by atoms with Crippen molar-refractivity contribution in [1.29, 1.82) is 0 Å². The average Bonchev–Trinajstić information content (AvgIpc) is 2.04. The molecule has 1 heterocycles. The molecule has 1 aromatic rings. The molecule has 0 aromatic carbocycles. The van der Waals surface area contributed by atoms with Gasteiger partial charge in [-0.15, -0.1) is 0 Å². The molecule has 2 heteroatoms. The molecular formula is C10H12N2. The predicted octanol–water partition coefficient (Wildman–Crippen LogP) is 0.530. The second kappa shape index (κ2) is 2.70. The maximum Gasteiger partial charge on any atom is 0.0873 e. The summed E-state index contributed by atoms with van der Waals surface area (Å²) in [6.07, 6.45) is 6.24. The van der Waals surface area contributed by atoms with Crippen molar-refractivity contribution in [2.75, 3.05) is 0 Å². The summed E-state index contributed by atoms with van der Waals surface area (Å²) < 4.78 is 0. The Kier molecular flexibility index (Phi) is 1.68. The van der Waals surface area contributed by atoms with Crippen molar-refractivity contribution in [2.24, 2.45) is 0 Å². The highest BCUT2D eigenvalue weighted by molar-refractivity contribution is 5.45. The molecule has 0 N–H and O–H groups in total. The zero-order valence-electron chi connectivity index (χ0n) is 7.46. The third-order valence-electron chi connectivity index (χ3n) is 2.18. The molecule has 1 aliphatic rings. The van der Waals surface area contributed by atoms with E-state index >= 15 is 0 Å². The van der Waals surface area contributed by atoms with Crippen LogP contribution in [-0.4, -0.2) is 9.97 Å². The first-order valence-electron chi connectivity index (χ1n) is 4.27. The fraction of sp³-hybridized carbons (Fsp3) is 0.400. The third-order valence-corrected chi connectivity index (χ3v) is 2.18. The van der Waals surface area contributed by atoms with Crippen LogP contribution in [0.15, 0.2) is 6.20 Å². The molecule has 0 aliphatic heterocycles. The lowest BCUT2D eigenvalue weighted by molar-refractivity contribution is 0.962. The monoisotopic (exact) mass is 160 g/mol. The van der Waals surface area contributed by atoms with Crippen LogP contribution >= 0.6 is 0 Å². The van der Waals surface area contributed by atoms with Crippen molar-refractivity contribution in [3.8, 4) is 0 Å². The molecule has 0 amide bonds. The minimum atomic E-state index is 1.000. The maximum absolute atomic E-state index is 4.43. The van der Waals surface area contributed by atoms with Crippen LogP contribution in [0.5, 0.6) is 0 Å². The van der Waals surface area contributed by atoms with Gasteiger partial charge in [0, 0.05) is 6.20 Å². The molecule has 1 aliphatic carbocycles. The van der Waals surface area contributed by atoms with Gasteiger partial charge in [-0.1, -0.05) is 6.08 Å². The van der Waals surface area contributed by atoms with Crippen molar-refractivity contribution < 1.29 is 0 Å². The fourth-order valence-corrected chi connectivity index (χ4v) is 1.51. The number of hydrogen-bond donors (Lipinski definition) is 0. The quantitative estimate of drug-likeness (QED) is 0.553. The first-order valence-corrected chi connectivity index (χ1v) is 4.27. The van der Waals surface area contributed by atoms with Crippen LogP contribution in [-0.2, 0) is 0 Å². The molecule has 0 radical (unpaired) electrons. The fourth-order valence-electron chi connectivity index (χ4n) is 1.51. The zero-order valence-corrected chi connectivity index (χ0v) is 7.46. The first kappa shape index (κ1) is 7.47. The Labute approximate surface area is 71.7 Å². The van der Waals surface area contributed by atoms with Gasteiger partial charge in [0.05, 0.1) is 16.4 Å². The van der Waals surface area contributed by atoms with Crippen LogP contribution in [0.2, 0.25) is 0 Å². The van der Waals surface area contributed by atoms with Gasteiger partial charge in [-0.05, 0) is 32.3 Å². The minimum absolute atomic E-state index is 1.000. The van der Waals surface area contributed by atoms with E-state index in [1.165, 1.54) is 5.57 Å². The van der Waals surface area contributed by atoms with Crippen LogP contribution in [0.1, 0.15) is 25.5 Å². The Bertz CT molecular complexity index is 418. The smallest absolute Gasteiger partial charge is 0.0873 e. The first-order chi connectivity index (χ1) is 5.77. The topological polar surface area (TPSA) is 25.8 Å². The van der Waals surface area contributed by atoms with Gasteiger partial charge in [-0.25, -0.2) is 0 Å². The molecule has 0 saturated heterocycles. The molecule has 0 saturated carbocycles. The van der Waals surface area contributed by atoms with E-state index in [9.17, 15) is 0 Å². The van der Waals surface area contributed by atoms with E-state index < -0.39 is 0 Å². The minimum Gasteiger partial charge on any atom is -0.253 e. The van der Waals surface area contributed by atoms with Gasteiger partial charge in [-0.3, -0.25) is 9.97 Å². The summed E-state index contributed by atoms with van der Waals surface area (Å²) in [6.45, 7) is 4.11. The molecular weight excluding hydrogens is 148 g/mol. The number of aromatic nitrogens is 2. The van der Waals surface area contributed by atoms with Crippen LogP contribution in [0, 0.1) is 6.92 Å². The lowest BCUT2D eigenvalue weighted by Gasteiger charge is -2.04. The van der Waals surface area contributed by atoms with Crippen LogP contribution in [0.3, 0.4) is 0 Å². The normalized spacial score (nSPS) is 15.3. The van der Waals surface area contributed by atoms with Crippen molar-refractivity contribution in [1.82, 2.24) is 9.97 Å². The molecule has 2 rings (SSSR count). The lowest BCUT2D eigenvalue weighted by Crippen LogP contribution is -2.35. The molecule has 62 valence electrons. The number of rotatable bonds is 0. The molecule has 2 nitrogen and oxygen atoms in total. The molecule has 0 spiro atoms. The molecule has 12 heavy (non-hydrogen) atoms. The molecule has 0 unspecified atom stereocenters. The van der Waals surface area contributed by atoms with E-state index in [1.807, 2.05) is 13.1 Å². The summed E-state index contributed by atoms with van der Waals surface area (Å²) >= 11 is 0. The highest BCUT2D eigenvalue weighted by atomic mass is 14.8. The Balaban J connectivity index is 2.85. The van der Waals surface area contributed by atoms with Gasteiger partial charge in [0.1, 0.15) is 0 Å². The van der Waals surface area contributed by atoms with Crippen molar-refractivity contribution in [3.63, 3.8) is 0 Å². The number of aryl methyl sites for hydroxylation is 1. The summed E-state index contributed by atoms with van der Waals surface area (Å²) in [4.78, 5) is 8.79. The van der Waals surface area contributed by atoms with Gasteiger partial charge in [0.15, 0.2) is 0 Å². The summed E-state index contributed by atoms with van der Waals surface area (Å²) in [7, 11) is 0. The highest BCUT2D eigenvalue weighted by Crippen LogP contribution is 2.04. The van der Waals surface area contributed by atoms with Crippen molar-refractivity contribution >= 4 is 11.6 Å². The third kappa shape index (κ3) is 1.13. The summed E-state index contributed by atoms with van der Waals surface area (Å²) in [5.74, 6) is 0. The lowest BCUT2D eigenvalue weighted by atomic mass is 10.1. The Hall–Kier alpha value is -1.18. The van der Waals surface area contributed by atoms with E-state index in [4.69, 9.17) is 0 Å². The van der Waals surface area contributed by atoms with E-state index in [0.29, 0.717) is 0 Å². The Morgan fingerprint density at radius 1 is 1.33 bits per heavy atom. The second-order valence-electron chi connectivity index (χ2n) is 3.27. The Morgan fingerprint density at radius 3 is 3.00 bits per heavy atom. The van der Waals surface area contributed by atoms with Crippen LogP contribution in [0.25, 0.3) is 11.6 Å². The zero-order chi connectivity index (χ0) is 8.55. The van der Waals surface area contributed by atoms with E-state index in [1.54, 1.807) is 0 Å². The maximum atomic E-state index is 4.43. The Morgan fingerprint density at radius 2 is 2.17 bits per heavy atom. The summed E-state index contributed by atoms with van der Waals surface area (Å²) in [5.41, 5.74) is 2.36. The number of fused-ring (bicyclic) bond motifs is 1. The SMILES string of the molecule is CC1=c2ncc(C)nc2=CCC1. The van der Waals surface area contributed by atoms with Gasteiger partial charge >= 0.3 is 0 Å². The van der Waals surface area contributed by atoms with Crippen LogP contribution < -0.4 is 10.7 Å². The largest absolute Gasteiger partial charge is 0.253 e. The average molecular weight is 160 g/mol. The van der Waals surface area contributed by atoms with Gasteiger partial charge in [0.2, 0.25) is 0 Å². The molecule has 1 aromatic heterocycles. The van der Waals surface area contributed by atoms with Gasteiger partial charge in [-0.2, -0.15) is 0 Å². The molecule has 0 bridgehead atoms. The van der Waals surface area contributed by atoms with Crippen molar-refractivity contribution in [2.45, 2.75) is 26.7 Å². The molecule has 0 atom stereocenters. The van der Waals surface area contributed by atoms with Gasteiger partial charge < -0.3 is 0 Å².